The topological polar surface area (TPSA) is 36.4 Å². The van der Waals surface area contributed by atoms with E-state index in [0.717, 1.165) is 24.4 Å². The molecule has 7 heteroatoms. The third-order valence-corrected chi connectivity index (χ3v) is 5.69. The van der Waals surface area contributed by atoms with Gasteiger partial charge in [0, 0.05) is 36.9 Å². The van der Waals surface area contributed by atoms with E-state index in [-0.39, 0.29) is 17.9 Å². The van der Waals surface area contributed by atoms with Crippen molar-refractivity contribution < 1.29 is 18.0 Å². The number of alkyl halides is 3. The van der Waals surface area contributed by atoms with Crippen molar-refractivity contribution in [2.45, 2.75) is 38.4 Å². The number of para-hydroxylation sites is 1. The minimum absolute atomic E-state index is 0.0701. The van der Waals surface area contributed by atoms with Crippen molar-refractivity contribution in [3.8, 4) is 0 Å². The molecular formula is C21H22F3N3O. The van der Waals surface area contributed by atoms with E-state index in [9.17, 15) is 18.0 Å². The number of anilines is 2. The lowest BCUT2D eigenvalue weighted by atomic mass is 9.94. The van der Waals surface area contributed by atoms with Crippen molar-refractivity contribution in [1.29, 1.82) is 0 Å². The Morgan fingerprint density at radius 3 is 2.46 bits per heavy atom. The Morgan fingerprint density at radius 1 is 1.11 bits per heavy atom. The molecule has 148 valence electrons. The van der Waals surface area contributed by atoms with Crippen LogP contribution >= 0.6 is 0 Å². The number of carbonyl (C=O) groups excluding carboxylic acids is 1. The van der Waals surface area contributed by atoms with Gasteiger partial charge < -0.3 is 9.80 Å². The van der Waals surface area contributed by atoms with Crippen molar-refractivity contribution in [2.24, 2.45) is 5.92 Å². The maximum atomic E-state index is 13.1. The molecule has 0 aliphatic carbocycles. The molecule has 1 aromatic carbocycles. The number of piperidine rings is 1. The molecule has 3 heterocycles. The highest BCUT2D eigenvalue weighted by Gasteiger charge is 2.36. The molecule has 0 spiro atoms. The molecule has 1 saturated heterocycles. The van der Waals surface area contributed by atoms with Crippen LogP contribution in [0.15, 0.2) is 42.6 Å². The number of hydrogen-bond acceptors (Lipinski definition) is 3. The quantitative estimate of drug-likeness (QED) is 0.769. The van der Waals surface area contributed by atoms with Gasteiger partial charge in [-0.25, -0.2) is 4.98 Å². The number of aromatic nitrogens is 1. The smallest absolute Gasteiger partial charge is 0.357 e. The van der Waals surface area contributed by atoms with Crippen LogP contribution in [-0.2, 0) is 17.4 Å². The molecule has 0 N–H and O–H groups in total. The van der Waals surface area contributed by atoms with Gasteiger partial charge in [0.15, 0.2) is 0 Å². The summed E-state index contributed by atoms with van der Waals surface area (Å²) in [6.45, 7) is 3.29. The second-order valence-corrected chi connectivity index (χ2v) is 7.55. The highest BCUT2D eigenvalue weighted by Crippen LogP contribution is 2.35. The lowest BCUT2D eigenvalue weighted by Crippen LogP contribution is -2.45. The number of benzene rings is 1. The molecular weight excluding hydrogens is 367 g/mol. The minimum Gasteiger partial charge on any atom is -0.357 e. The highest BCUT2D eigenvalue weighted by atomic mass is 19.4. The van der Waals surface area contributed by atoms with Crippen LogP contribution in [0, 0.1) is 5.92 Å². The Kier molecular flexibility index (Phi) is 4.77. The first-order chi connectivity index (χ1) is 13.3. The summed E-state index contributed by atoms with van der Waals surface area (Å²) in [5, 5.41) is 0. The van der Waals surface area contributed by atoms with Gasteiger partial charge in [0.05, 0.1) is 5.56 Å². The number of rotatable bonds is 2. The summed E-state index contributed by atoms with van der Waals surface area (Å²) in [6.07, 6.45) is -1.29. The number of carbonyl (C=O) groups is 1. The molecule has 0 radical (unpaired) electrons. The zero-order chi connectivity index (χ0) is 19.9. The van der Waals surface area contributed by atoms with Crippen molar-refractivity contribution >= 4 is 17.4 Å². The van der Waals surface area contributed by atoms with Crippen LogP contribution in [0.5, 0.6) is 0 Å². The van der Waals surface area contributed by atoms with Crippen LogP contribution < -0.4 is 9.80 Å². The van der Waals surface area contributed by atoms with Crippen LogP contribution in [0.1, 0.15) is 30.9 Å². The van der Waals surface area contributed by atoms with Gasteiger partial charge in [-0.2, -0.15) is 13.2 Å². The molecule has 28 heavy (non-hydrogen) atoms. The predicted molar refractivity (Wildman–Crippen MR) is 101 cm³/mol. The first-order valence-corrected chi connectivity index (χ1v) is 9.54. The minimum atomic E-state index is -4.38. The maximum absolute atomic E-state index is 13.1. The predicted octanol–water partition coefficient (Wildman–Crippen LogP) is 4.29. The van der Waals surface area contributed by atoms with Gasteiger partial charge in [-0.3, -0.25) is 4.79 Å². The number of fused-ring (bicyclic) bond motifs is 1. The monoisotopic (exact) mass is 389 g/mol. The Morgan fingerprint density at radius 2 is 1.82 bits per heavy atom. The SMILES string of the molecule is CC1Cc2ccccc2N1C(=O)C1CCN(c2ccc(C(F)(F)F)cn2)CC1. The van der Waals surface area contributed by atoms with Crippen LogP contribution in [0.4, 0.5) is 24.7 Å². The van der Waals surface area contributed by atoms with Crippen LogP contribution in [0.2, 0.25) is 0 Å². The summed E-state index contributed by atoms with van der Waals surface area (Å²) in [5.74, 6) is 0.607. The zero-order valence-corrected chi connectivity index (χ0v) is 15.6. The zero-order valence-electron chi connectivity index (χ0n) is 15.6. The number of hydrogen-bond donors (Lipinski definition) is 0. The van der Waals surface area contributed by atoms with Crippen molar-refractivity contribution in [3.05, 3.63) is 53.7 Å². The average molecular weight is 389 g/mol. The molecule has 1 fully saturated rings. The Labute approximate surface area is 162 Å². The van der Waals surface area contributed by atoms with E-state index in [1.807, 2.05) is 28.0 Å². The molecule has 1 unspecified atom stereocenters. The van der Waals surface area contributed by atoms with Gasteiger partial charge >= 0.3 is 6.18 Å². The fraction of sp³-hybridized carbons (Fsp3) is 0.429. The standard InChI is InChI=1S/C21H22F3N3O/c1-14-12-16-4-2-3-5-18(16)27(14)20(28)15-8-10-26(11-9-15)19-7-6-17(13-25-19)21(22,23)24/h2-7,13-15H,8-12H2,1H3. The molecule has 4 nitrogen and oxygen atoms in total. The van der Waals surface area contributed by atoms with E-state index in [1.54, 1.807) is 0 Å². The Balaban J connectivity index is 1.41. The number of nitrogens with zero attached hydrogens (tertiary/aromatic N) is 3. The second kappa shape index (κ2) is 7.11. The molecule has 1 atom stereocenters. The van der Waals surface area contributed by atoms with Crippen molar-refractivity contribution in [2.75, 3.05) is 22.9 Å². The van der Waals surface area contributed by atoms with E-state index >= 15 is 0 Å². The van der Waals surface area contributed by atoms with E-state index in [4.69, 9.17) is 0 Å². The molecule has 1 aromatic heterocycles. The fourth-order valence-corrected chi connectivity index (χ4v) is 4.19. The average Bonchev–Trinajstić information content (AvgIpc) is 3.02. The van der Waals surface area contributed by atoms with Crippen LogP contribution in [-0.4, -0.2) is 30.0 Å². The number of amides is 1. The van der Waals surface area contributed by atoms with Gasteiger partial charge in [-0.15, -0.1) is 0 Å². The molecule has 1 amide bonds. The maximum Gasteiger partial charge on any atom is 0.417 e. The van der Waals surface area contributed by atoms with Crippen LogP contribution in [0.25, 0.3) is 0 Å². The van der Waals surface area contributed by atoms with E-state index in [2.05, 4.69) is 18.0 Å². The van der Waals surface area contributed by atoms with Crippen molar-refractivity contribution in [1.82, 2.24) is 4.98 Å². The Hall–Kier alpha value is -2.57. The summed E-state index contributed by atoms with van der Waals surface area (Å²) < 4.78 is 38.1. The molecule has 0 bridgehead atoms. The number of halogens is 3. The van der Waals surface area contributed by atoms with Gasteiger partial charge in [0.25, 0.3) is 0 Å². The third-order valence-electron chi connectivity index (χ3n) is 5.69. The van der Waals surface area contributed by atoms with Gasteiger partial charge in [0.2, 0.25) is 5.91 Å². The molecule has 2 aliphatic heterocycles. The van der Waals surface area contributed by atoms with E-state index in [1.165, 1.54) is 11.6 Å². The molecule has 2 aliphatic rings. The van der Waals surface area contributed by atoms with E-state index < -0.39 is 11.7 Å². The fourth-order valence-electron chi connectivity index (χ4n) is 4.19. The second-order valence-electron chi connectivity index (χ2n) is 7.55. The highest BCUT2D eigenvalue weighted by molar-refractivity contribution is 5.97. The summed E-state index contributed by atoms with van der Waals surface area (Å²) in [4.78, 5) is 21.0. The largest absolute Gasteiger partial charge is 0.417 e. The molecule has 2 aromatic rings. The lowest BCUT2D eigenvalue weighted by molar-refractivity contribution is -0.137. The summed E-state index contributed by atoms with van der Waals surface area (Å²) in [6, 6.07) is 10.6. The van der Waals surface area contributed by atoms with Crippen molar-refractivity contribution in [3.63, 3.8) is 0 Å². The van der Waals surface area contributed by atoms with Gasteiger partial charge in [-0.05, 0) is 49.9 Å². The first kappa shape index (κ1) is 18.8. The van der Waals surface area contributed by atoms with Gasteiger partial charge in [-0.1, -0.05) is 18.2 Å². The normalized spacial score (nSPS) is 20.4. The lowest BCUT2D eigenvalue weighted by Gasteiger charge is -2.35. The summed E-state index contributed by atoms with van der Waals surface area (Å²) >= 11 is 0. The summed E-state index contributed by atoms with van der Waals surface area (Å²) in [5.41, 5.74) is 1.46. The first-order valence-electron chi connectivity index (χ1n) is 9.54. The van der Waals surface area contributed by atoms with Crippen LogP contribution in [0.3, 0.4) is 0 Å². The van der Waals surface area contributed by atoms with Gasteiger partial charge in [0.1, 0.15) is 5.82 Å². The van der Waals surface area contributed by atoms with E-state index in [0.29, 0.717) is 31.7 Å². The number of pyridine rings is 1. The molecule has 0 saturated carbocycles. The summed E-state index contributed by atoms with van der Waals surface area (Å²) in [7, 11) is 0. The third kappa shape index (κ3) is 3.45. The molecule has 4 rings (SSSR count). The Bertz CT molecular complexity index is 858.